The number of hydrogen-bond acceptors (Lipinski definition) is 3. The van der Waals surface area contributed by atoms with Crippen molar-refractivity contribution < 1.29 is 115 Å². The maximum absolute atomic E-state index is 14.2. The molecule has 0 saturated carbocycles. The lowest BCUT2D eigenvalue weighted by molar-refractivity contribution is -0.689. The first-order valence-electron chi connectivity index (χ1n) is 21.9. The number of nitro benzene ring substituents is 1. The average molecular weight is 1170 g/mol. The largest absolute Gasteiger partial charge is 0.416 e. The van der Waals surface area contributed by atoms with Crippen molar-refractivity contribution in [2.75, 3.05) is 0 Å². The van der Waals surface area contributed by atoms with E-state index >= 15 is 0 Å². The van der Waals surface area contributed by atoms with Crippen LogP contribution in [0.25, 0.3) is 0 Å². The average Bonchev–Trinajstić information content (AvgIpc) is 3.32. The van der Waals surface area contributed by atoms with Gasteiger partial charge < -0.3 is 0 Å². The van der Waals surface area contributed by atoms with Crippen LogP contribution >= 0.6 is 0 Å². The number of nitro groups is 1. The van der Waals surface area contributed by atoms with Gasteiger partial charge in [-0.2, -0.15) is 132 Å². The van der Waals surface area contributed by atoms with Crippen LogP contribution in [0.2, 0.25) is 0 Å². The third-order valence-corrected chi connectivity index (χ3v) is 12.0. The number of non-ortho nitro benzene ring substituents is 1. The van der Waals surface area contributed by atoms with Crippen molar-refractivity contribution in [3.63, 3.8) is 0 Å². The van der Waals surface area contributed by atoms with Gasteiger partial charge in [0.05, 0.1) is 55.6 Å². The summed E-state index contributed by atoms with van der Waals surface area (Å²) in [6.07, 6.45) is -48.6. The molecule has 0 bridgehead atoms. The van der Waals surface area contributed by atoms with E-state index in [0.717, 1.165) is 17.8 Å². The third kappa shape index (κ3) is 14.5. The van der Waals surface area contributed by atoms with E-state index in [1.165, 1.54) is 11.6 Å². The topological polar surface area (TPSA) is 59.9 Å². The van der Waals surface area contributed by atoms with Gasteiger partial charge in [0.15, 0.2) is 18.9 Å². The molecule has 0 aliphatic heterocycles. The smallest absolute Gasteiger partial charge is 0.258 e. The second-order valence-electron chi connectivity index (χ2n) is 17.5. The highest BCUT2D eigenvalue weighted by Crippen LogP contribution is 2.41. The summed E-state index contributed by atoms with van der Waals surface area (Å²) >= 11 is 0. The fraction of sp³-hybridized carbons (Fsp3) is 0.200. The Kier molecular flexibility index (Phi) is 16.6. The molecule has 0 atom stereocenters. The predicted molar refractivity (Wildman–Crippen MR) is 236 cm³/mol. The molecule has 30 heteroatoms. The second-order valence-corrected chi connectivity index (χ2v) is 17.5. The molecular weight excluding hydrogens is 1140 g/mol. The molecule has 80 heavy (non-hydrogen) atoms. The van der Waals surface area contributed by atoms with Crippen LogP contribution in [0.1, 0.15) is 61.3 Å². The first-order valence-corrected chi connectivity index (χ1v) is 21.9. The number of benzene rings is 6. The number of nitrogens with zero attached hydrogens (tertiary/aromatic N) is 3. The highest BCUT2D eigenvalue weighted by molar-refractivity contribution is 7.20. The summed E-state index contributed by atoms with van der Waals surface area (Å²) in [4.78, 5) is 14.8. The number of rotatable bonds is 9. The van der Waals surface area contributed by atoms with Gasteiger partial charge in [0.2, 0.25) is 0 Å². The van der Waals surface area contributed by atoms with Crippen molar-refractivity contribution >= 4 is 33.7 Å². The molecule has 0 saturated heterocycles. The van der Waals surface area contributed by atoms with Gasteiger partial charge in [-0.1, -0.05) is 91.0 Å². The van der Waals surface area contributed by atoms with E-state index in [2.05, 4.69) is 21.7 Å². The minimum atomic E-state index is -6.13. The molecule has 1 heterocycles. The Balaban J connectivity index is 0.000000370. The molecule has 426 valence electrons. The van der Waals surface area contributed by atoms with E-state index in [4.69, 9.17) is 0 Å². The first-order chi connectivity index (χ1) is 36.5. The van der Waals surface area contributed by atoms with Gasteiger partial charge in [0, 0.05) is 24.1 Å². The van der Waals surface area contributed by atoms with Crippen LogP contribution in [-0.4, -0.2) is 16.1 Å². The van der Waals surface area contributed by atoms with E-state index < -0.39 is 195 Å². The number of halogens is 24. The highest BCUT2D eigenvalue weighted by atomic mass is 19.4. The zero-order valence-electron chi connectivity index (χ0n) is 39.1. The Bertz CT molecular complexity index is 2940. The fourth-order valence-corrected chi connectivity index (χ4v) is 8.53. The quantitative estimate of drug-likeness (QED) is 0.0476. The normalized spacial score (nSPS) is 13.2. The van der Waals surface area contributed by atoms with Crippen molar-refractivity contribution in [3.05, 3.63) is 217 Å². The Hall–Kier alpha value is -7.82. The number of alkyl halides is 24. The van der Waals surface area contributed by atoms with Crippen LogP contribution in [0.5, 0.6) is 0 Å². The lowest BCUT2D eigenvalue weighted by atomic mass is 9.12. The Morgan fingerprint density at radius 1 is 0.400 bits per heavy atom. The summed E-state index contributed by atoms with van der Waals surface area (Å²) in [5.41, 5.74) is -27.1. The number of aromatic nitrogens is 2. The van der Waals surface area contributed by atoms with Crippen LogP contribution < -0.4 is 26.4 Å². The summed E-state index contributed by atoms with van der Waals surface area (Å²) in [5, 5.41) is 10.8. The molecule has 0 spiro atoms. The number of hydrogen-bond donors (Lipinski definition) is 0. The molecule has 0 aliphatic carbocycles. The minimum absolute atomic E-state index is 0.107. The van der Waals surface area contributed by atoms with Crippen LogP contribution in [0.3, 0.4) is 0 Å². The summed E-state index contributed by atoms with van der Waals surface area (Å²) in [7, 11) is 0. The molecule has 0 radical (unpaired) electrons. The van der Waals surface area contributed by atoms with Crippen molar-refractivity contribution in [1.29, 1.82) is 0 Å². The standard InChI is InChI=1S/C32H12BF24.C18H16N3O2/c34-25(35,36)13-1-14(26(37,38)39)6-21(5-13)33(22-7-15(27(40,41)42)2-16(8-22)28(43,44)45,23-9-17(29(46,47)48)3-18(10-23)30(49,50)51)24-11-19(31(52,53)54)4-20(12-24)32(55,56)57;22-21(23)18-8-4-7-16(12-18)11-17-14-20(10-9-19-17)13-15-5-2-1-3-6-15/h1-12H;1-10,12,14H,11,13H2/q-1;+1. The third-order valence-electron chi connectivity index (χ3n) is 12.0. The predicted octanol–water partition coefficient (Wildman–Crippen LogP) is 14.1. The van der Waals surface area contributed by atoms with Crippen LogP contribution in [0.15, 0.2) is 146 Å². The lowest BCUT2D eigenvalue weighted by Gasteiger charge is -2.46. The van der Waals surface area contributed by atoms with Gasteiger partial charge in [0.25, 0.3) is 5.69 Å². The van der Waals surface area contributed by atoms with E-state index in [1.807, 2.05) is 36.7 Å². The van der Waals surface area contributed by atoms with E-state index in [1.54, 1.807) is 18.3 Å². The first kappa shape index (κ1) is 61.4. The Labute approximate surface area is 432 Å². The molecule has 0 amide bonds. The maximum atomic E-state index is 14.2. The van der Waals surface area contributed by atoms with Gasteiger partial charge >= 0.3 is 49.4 Å². The van der Waals surface area contributed by atoms with Gasteiger partial charge in [-0.3, -0.25) is 10.1 Å². The van der Waals surface area contributed by atoms with E-state index in [9.17, 15) is 115 Å². The van der Waals surface area contributed by atoms with Gasteiger partial charge in [-0.15, -0.1) is 0 Å². The van der Waals surface area contributed by atoms with Crippen molar-refractivity contribution in [3.8, 4) is 0 Å². The van der Waals surface area contributed by atoms with Crippen LogP contribution in [0, 0.1) is 10.1 Å². The molecule has 6 aromatic carbocycles. The molecule has 0 unspecified atom stereocenters. The zero-order chi connectivity index (χ0) is 60.0. The molecule has 0 N–H and O–H groups in total. The lowest BCUT2D eigenvalue weighted by Crippen LogP contribution is -2.75. The van der Waals surface area contributed by atoms with Crippen molar-refractivity contribution in [2.45, 2.75) is 62.4 Å². The summed E-state index contributed by atoms with van der Waals surface area (Å²) < 4.78 is 343. The summed E-state index contributed by atoms with van der Waals surface area (Å²) in [6, 6.07) is 8.04. The molecule has 7 rings (SSSR count). The Morgan fingerprint density at radius 3 is 0.988 bits per heavy atom. The summed E-state index contributed by atoms with van der Waals surface area (Å²) in [5.74, 6) is 0. The molecular formula is C50H28BF24N3O2. The van der Waals surface area contributed by atoms with Crippen LogP contribution in [-0.2, 0) is 62.4 Å². The molecule has 5 nitrogen and oxygen atoms in total. The molecule has 7 aromatic rings. The van der Waals surface area contributed by atoms with E-state index in [0.29, 0.717) is 6.42 Å². The molecule has 1 aromatic heterocycles. The zero-order valence-corrected chi connectivity index (χ0v) is 39.1. The van der Waals surface area contributed by atoms with Gasteiger partial charge in [0.1, 0.15) is 11.8 Å². The van der Waals surface area contributed by atoms with Gasteiger partial charge in [-0.05, 0) is 29.8 Å². The summed E-state index contributed by atoms with van der Waals surface area (Å²) in [6.45, 7) is 0.769. The van der Waals surface area contributed by atoms with Crippen LogP contribution in [0.4, 0.5) is 111 Å². The Morgan fingerprint density at radius 2 is 0.700 bits per heavy atom. The minimum Gasteiger partial charge on any atom is -0.258 e. The van der Waals surface area contributed by atoms with Gasteiger partial charge in [-0.25, -0.2) is 4.98 Å². The van der Waals surface area contributed by atoms with E-state index in [-0.39, 0.29) is 10.6 Å². The SMILES string of the molecule is FC(F)(F)c1cc([B-](c2cc(C(F)(F)F)cc(C(F)(F)F)c2)(c2cc(C(F)(F)F)cc(C(F)(F)F)c2)c2cc(C(F)(F)F)cc(C(F)(F)F)c2)cc(C(F)(F)F)c1.O=[N+]([O-])c1cccc(Cc2c[n+](Cc3ccccc3)ccn2)c1. The molecule has 0 fully saturated rings. The van der Waals surface area contributed by atoms with Crippen molar-refractivity contribution in [2.24, 2.45) is 0 Å². The second kappa shape index (κ2) is 21.7. The monoisotopic (exact) mass is 1170 g/mol. The molecule has 0 aliphatic rings. The maximum Gasteiger partial charge on any atom is 0.416 e. The van der Waals surface area contributed by atoms with Crippen molar-refractivity contribution in [1.82, 2.24) is 4.98 Å². The highest BCUT2D eigenvalue weighted by Gasteiger charge is 2.47. The fourth-order valence-electron chi connectivity index (χ4n) is 8.53.